The highest BCUT2D eigenvalue weighted by Crippen LogP contribution is 2.23. The fourth-order valence-corrected chi connectivity index (χ4v) is 3.33. The van der Waals surface area contributed by atoms with Gasteiger partial charge in [0, 0.05) is 49.6 Å². The van der Waals surface area contributed by atoms with Crippen LogP contribution in [0.5, 0.6) is 0 Å². The molecule has 3 heterocycles. The smallest absolute Gasteiger partial charge is 0.226 e. The molecule has 0 spiro atoms. The zero-order valence-corrected chi connectivity index (χ0v) is 14.1. The van der Waals surface area contributed by atoms with Crippen molar-refractivity contribution in [3.05, 3.63) is 54.0 Å². The first kappa shape index (κ1) is 14.9. The van der Waals surface area contributed by atoms with Gasteiger partial charge in [-0.2, -0.15) is 0 Å². The highest BCUT2D eigenvalue weighted by atomic mass is 15.3. The Hall–Kier alpha value is -2.69. The Kier molecular flexibility index (Phi) is 3.76. The molecule has 0 amide bonds. The Labute approximate surface area is 142 Å². The van der Waals surface area contributed by atoms with Gasteiger partial charge in [-0.05, 0) is 31.5 Å². The highest BCUT2D eigenvalue weighted by Gasteiger charge is 2.20. The standard InChI is InChI=1S/C19H21N5/c1-14-13-20-8-7-18(14)23-9-11-24(12-10-23)19-21-15(2)16-5-3-4-6-17(16)22-19/h3-8,13H,9-12H2,1-2H3. The van der Waals surface area contributed by atoms with Gasteiger partial charge in [0.15, 0.2) is 0 Å². The molecule has 1 aliphatic heterocycles. The molecular weight excluding hydrogens is 298 g/mol. The zero-order valence-electron chi connectivity index (χ0n) is 14.1. The van der Waals surface area contributed by atoms with Gasteiger partial charge in [-0.3, -0.25) is 4.98 Å². The van der Waals surface area contributed by atoms with E-state index in [2.05, 4.69) is 46.8 Å². The number of hydrogen-bond donors (Lipinski definition) is 0. The normalized spacial score (nSPS) is 15.1. The van der Waals surface area contributed by atoms with E-state index >= 15 is 0 Å². The van der Waals surface area contributed by atoms with Gasteiger partial charge in [-0.25, -0.2) is 9.97 Å². The van der Waals surface area contributed by atoms with Crippen LogP contribution in [-0.4, -0.2) is 41.1 Å². The third-order valence-corrected chi connectivity index (χ3v) is 4.68. The fraction of sp³-hybridized carbons (Fsp3) is 0.316. The maximum Gasteiger partial charge on any atom is 0.226 e. The molecule has 0 atom stereocenters. The number of pyridine rings is 1. The van der Waals surface area contributed by atoms with Crippen LogP contribution in [0.25, 0.3) is 10.9 Å². The van der Waals surface area contributed by atoms with E-state index in [0.29, 0.717) is 0 Å². The summed E-state index contributed by atoms with van der Waals surface area (Å²) in [7, 11) is 0. The molecule has 4 rings (SSSR count). The molecule has 1 fully saturated rings. The zero-order chi connectivity index (χ0) is 16.5. The second kappa shape index (κ2) is 6.07. The summed E-state index contributed by atoms with van der Waals surface area (Å²) in [4.78, 5) is 18.4. The van der Waals surface area contributed by atoms with Crippen LogP contribution in [0.15, 0.2) is 42.7 Å². The summed E-state index contributed by atoms with van der Waals surface area (Å²) in [6.07, 6.45) is 3.79. The van der Waals surface area contributed by atoms with E-state index in [4.69, 9.17) is 9.97 Å². The van der Waals surface area contributed by atoms with Crippen molar-refractivity contribution in [1.29, 1.82) is 0 Å². The van der Waals surface area contributed by atoms with Gasteiger partial charge in [-0.15, -0.1) is 0 Å². The van der Waals surface area contributed by atoms with Crippen LogP contribution in [0.3, 0.4) is 0 Å². The van der Waals surface area contributed by atoms with E-state index in [1.807, 2.05) is 24.5 Å². The summed E-state index contributed by atoms with van der Waals surface area (Å²) in [5.41, 5.74) is 4.57. The maximum atomic E-state index is 4.76. The third-order valence-electron chi connectivity index (χ3n) is 4.68. The average molecular weight is 319 g/mol. The van der Waals surface area contributed by atoms with Crippen molar-refractivity contribution >= 4 is 22.5 Å². The maximum absolute atomic E-state index is 4.76. The first-order chi connectivity index (χ1) is 11.7. The number of anilines is 2. The van der Waals surface area contributed by atoms with Crippen molar-refractivity contribution in [2.75, 3.05) is 36.0 Å². The number of hydrogen-bond acceptors (Lipinski definition) is 5. The number of aryl methyl sites for hydroxylation is 2. The van der Waals surface area contributed by atoms with Crippen molar-refractivity contribution in [2.24, 2.45) is 0 Å². The molecule has 0 aliphatic carbocycles. The molecule has 0 bridgehead atoms. The molecule has 122 valence electrons. The molecule has 5 nitrogen and oxygen atoms in total. The minimum absolute atomic E-state index is 0.845. The molecule has 0 saturated carbocycles. The molecule has 5 heteroatoms. The van der Waals surface area contributed by atoms with Crippen LogP contribution in [0, 0.1) is 13.8 Å². The van der Waals surface area contributed by atoms with Gasteiger partial charge in [-0.1, -0.05) is 18.2 Å². The summed E-state index contributed by atoms with van der Waals surface area (Å²) in [5.74, 6) is 0.845. The van der Waals surface area contributed by atoms with Gasteiger partial charge in [0.25, 0.3) is 0 Å². The second-order valence-corrected chi connectivity index (χ2v) is 6.26. The first-order valence-corrected chi connectivity index (χ1v) is 8.36. The molecule has 0 N–H and O–H groups in total. The summed E-state index contributed by atoms with van der Waals surface area (Å²) in [6, 6.07) is 10.3. The average Bonchev–Trinajstić information content (AvgIpc) is 2.62. The molecule has 0 radical (unpaired) electrons. The topological polar surface area (TPSA) is 45.2 Å². The van der Waals surface area contributed by atoms with Crippen LogP contribution in [0.2, 0.25) is 0 Å². The highest BCUT2D eigenvalue weighted by molar-refractivity contribution is 5.81. The van der Waals surface area contributed by atoms with Crippen molar-refractivity contribution in [2.45, 2.75) is 13.8 Å². The SMILES string of the molecule is Cc1cnccc1N1CCN(c2nc(C)c3ccccc3n2)CC1. The Morgan fingerprint density at radius 3 is 2.42 bits per heavy atom. The Bertz CT molecular complexity index is 869. The van der Waals surface area contributed by atoms with Gasteiger partial charge in [0.05, 0.1) is 11.2 Å². The van der Waals surface area contributed by atoms with E-state index in [0.717, 1.165) is 48.7 Å². The summed E-state index contributed by atoms with van der Waals surface area (Å²) in [5, 5.41) is 1.13. The lowest BCUT2D eigenvalue weighted by Crippen LogP contribution is -2.47. The minimum Gasteiger partial charge on any atom is -0.368 e. The molecule has 2 aromatic heterocycles. The summed E-state index contributed by atoms with van der Waals surface area (Å²) in [6.45, 7) is 7.98. The number of rotatable bonds is 2. The monoisotopic (exact) mass is 319 g/mol. The number of piperazine rings is 1. The van der Waals surface area contributed by atoms with Crippen LogP contribution in [-0.2, 0) is 0 Å². The van der Waals surface area contributed by atoms with Crippen molar-refractivity contribution in [1.82, 2.24) is 15.0 Å². The van der Waals surface area contributed by atoms with Crippen LogP contribution >= 0.6 is 0 Å². The Balaban J connectivity index is 1.55. The van der Waals surface area contributed by atoms with Crippen molar-refractivity contribution in [3.63, 3.8) is 0 Å². The lowest BCUT2D eigenvalue weighted by atomic mass is 10.2. The lowest BCUT2D eigenvalue weighted by Gasteiger charge is -2.36. The van der Waals surface area contributed by atoms with Crippen LogP contribution < -0.4 is 9.80 Å². The van der Waals surface area contributed by atoms with E-state index in [1.54, 1.807) is 0 Å². The number of para-hydroxylation sites is 1. The predicted molar refractivity (Wildman–Crippen MR) is 97.7 cm³/mol. The van der Waals surface area contributed by atoms with Gasteiger partial charge in [0.2, 0.25) is 5.95 Å². The van der Waals surface area contributed by atoms with E-state index in [9.17, 15) is 0 Å². The largest absolute Gasteiger partial charge is 0.368 e. The third kappa shape index (κ3) is 2.66. The summed E-state index contributed by atoms with van der Waals surface area (Å²) < 4.78 is 0. The second-order valence-electron chi connectivity index (χ2n) is 6.26. The number of nitrogens with zero attached hydrogens (tertiary/aromatic N) is 5. The molecule has 1 aromatic carbocycles. The molecule has 0 unspecified atom stereocenters. The number of benzene rings is 1. The van der Waals surface area contributed by atoms with Crippen molar-refractivity contribution in [3.8, 4) is 0 Å². The van der Waals surface area contributed by atoms with Crippen molar-refractivity contribution < 1.29 is 0 Å². The minimum atomic E-state index is 0.845. The number of aromatic nitrogens is 3. The molecule has 1 saturated heterocycles. The van der Waals surface area contributed by atoms with Crippen LogP contribution in [0.4, 0.5) is 11.6 Å². The summed E-state index contributed by atoms with van der Waals surface area (Å²) >= 11 is 0. The quantitative estimate of drug-likeness (QED) is 0.726. The number of fused-ring (bicyclic) bond motifs is 1. The molecule has 24 heavy (non-hydrogen) atoms. The molecule has 3 aromatic rings. The van der Waals surface area contributed by atoms with Gasteiger partial charge < -0.3 is 9.80 Å². The van der Waals surface area contributed by atoms with Gasteiger partial charge >= 0.3 is 0 Å². The lowest BCUT2D eigenvalue weighted by molar-refractivity contribution is 0.639. The fourth-order valence-electron chi connectivity index (χ4n) is 3.33. The molecular formula is C19H21N5. The predicted octanol–water partition coefficient (Wildman–Crippen LogP) is 2.97. The first-order valence-electron chi connectivity index (χ1n) is 8.36. The Morgan fingerprint density at radius 2 is 1.62 bits per heavy atom. The Morgan fingerprint density at radius 1 is 0.875 bits per heavy atom. The van der Waals surface area contributed by atoms with Gasteiger partial charge in [0.1, 0.15) is 0 Å². The van der Waals surface area contributed by atoms with E-state index in [-0.39, 0.29) is 0 Å². The van der Waals surface area contributed by atoms with Crippen LogP contribution in [0.1, 0.15) is 11.3 Å². The molecule has 1 aliphatic rings. The van der Waals surface area contributed by atoms with E-state index in [1.165, 1.54) is 11.3 Å². The van der Waals surface area contributed by atoms with E-state index < -0.39 is 0 Å².